The molecule has 0 radical (unpaired) electrons. The fourth-order valence-corrected chi connectivity index (χ4v) is 1.12. The van der Waals surface area contributed by atoms with Crippen LogP contribution in [-0.4, -0.2) is 18.4 Å². The van der Waals surface area contributed by atoms with Gasteiger partial charge in [-0.1, -0.05) is 0 Å². The van der Waals surface area contributed by atoms with Crippen molar-refractivity contribution in [3.05, 3.63) is 24.3 Å². The zero-order chi connectivity index (χ0) is 8.48. The van der Waals surface area contributed by atoms with E-state index in [4.69, 9.17) is 10.3 Å². The first-order valence-corrected chi connectivity index (χ1v) is 4.27. The molecule has 0 atom stereocenters. The van der Waals surface area contributed by atoms with E-state index >= 15 is 0 Å². The van der Waals surface area contributed by atoms with Crippen LogP contribution in [0.4, 0.5) is 5.69 Å². The molecule has 5 N–H and O–H groups in total. The van der Waals surface area contributed by atoms with Crippen LogP contribution in [-0.2, 0) is 10.1 Å². The van der Waals surface area contributed by atoms with E-state index in [9.17, 15) is 8.42 Å². The molecule has 0 aliphatic heterocycles. The molecule has 1 aromatic rings. The van der Waals surface area contributed by atoms with E-state index in [1.807, 2.05) is 0 Å². The van der Waals surface area contributed by atoms with Crippen molar-refractivity contribution >= 4 is 15.8 Å². The van der Waals surface area contributed by atoms with Gasteiger partial charge in [0.1, 0.15) is 0 Å². The second-order valence-corrected chi connectivity index (χ2v) is 3.47. The Bertz CT molecular complexity index is 353. The number of benzene rings is 1. The molecule has 13 heavy (non-hydrogen) atoms. The summed E-state index contributed by atoms with van der Waals surface area (Å²) in [7, 11) is -4.08. The summed E-state index contributed by atoms with van der Waals surface area (Å²) in [4.78, 5) is -0.147. The number of nitrogen functional groups attached to an aromatic ring is 1. The third kappa shape index (κ3) is 4.61. The molecule has 7 heteroatoms. The molecular weight excluding hydrogens is 205 g/mol. The van der Waals surface area contributed by atoms with Gasteiger partial charge in [0.25, 0.3) is 10.1 Å². The maximum Gasteiger partial charge on any atom is 1.00 e. The van der Waals surface area contributed by atoms with Crippen LogP contribution in [0.3, 0.4) is 0 Å². The molecule has 0 bridgehead atoms. The second-order valence-electron chi connectivity index (χ2n) is 2.04. The van der Waals surface area contributed by atoms with Crippen molar-refractivity contribution < 1.29 is 49.4 Å². The Labute approximate surface area is 99.8 Å². The summed E-state index contributed by atoms with van der Waals surface area (Å²) in [6, 6.07) is 5.29. The van der Waals surface area contributed by atoms with Crippen molar-refractivity contribution in [3.63, 3.8) is 0 Å². The van der Waals surface area contributed by atoms with E-state index in [1.54, 1.807) is 0 Å². The van der Waals surface area contributed by atoms with E-state index < -0.39 is 10.1 Å². The summed E-state index contributed by atoms with van der Waals surface area (Å²) in [6.07, 6.45) is 0. The molecule has 0 heterocycles. The number of hydrogen-bond donors (Lipinski definition) is 2. The number of hydrogen-bond acceptors (Lipinski definition) is 3. The van der Waals surface area contributed by atoms with Gasteiger partial charge in [-0.3, -0.25) is 4.55 Å². The molecule has 0 unspecified atom stereocenters. The van der Waals surface area contributed by atoms with Gasteiger partial charge in [0, 0.05) is 5.69 Å². The van der Waals surface area contributed by atoms with Gasteiger partial charge in [-0.05, 0) is 24.3 Å². The van der Waals surface area contributed by atoms with Gasteiger partial charge in [0.15, 0.2) is 0 Å². The average molecular weight is 215 g/mol. The Morgan fingerprint density at radius 1 is 1.23 bits per heavy atom. The molecule has 0 spiro atoms. The second kappa shape index (κ2) is 5.58. The molecule has 0 aliphatic rings. The topological polar surface area (TPSA) is 112 Å². The average Bonchev–Trinajstić information content (AvgIpc) is 1.86. The normalized spacial score (nSPS) is 9.62. The van der Waals surface area contributed by atoms with Crippen LogP contribution in [0.15, 0.2) is 29.2 Å². The van der Waals surface area contributed by atoms with Gasteiger partial charge >= 0.3 is 29.6 Å². The predicted octanol–water partition coefficient (Wildman–Crippen LogP) is -3.19. The molecule has 0 aromatic heterocycles. The summed E-state index contributed by atoms with van der Waals surface area (Å²) in [5.41, 5.74) is 5.75. The molecule has 70 valence electrons. The van der Waals surface area contributed by atoms with Gasteiger partial charge in [-0.15, -0.1) is 0 Å². The summed E-state index contributed by atoms with van der Waals surface area (Å²) in [5.74, 6) is 0. The van der Waals surface area contributed by atoms with Crippen LogP contribution in [0.5, 0.6) is 0 Å². The van der Waals surface area contributed by atoms with Crippen molar-refractivity contribution in [2.24, 2.45) is 0 Å². The van der Waals surface area contributed by atoms with Crippen LogP contribution >= 0.6 is 0 Å². The zero-order valence-electron chi connectivity index (χ0n) is 8.06. The Kier molecular flexibility index (Phi) is 6.60. The third-order valence-corrected chi connectivity index (χ3v) is 2.05. The molecule has 1 rings (SSSR count). The SMILES string of the molecule is Nc1ccc(S(=O)(=O)O)cc1.O.[H-].[Na+]. The first-order chi connectivity index (χ1) is 5.00. The Balaban J connectivity index is -0.000000403. The van der Waals surface area contributed by atoms with Gasteiger partial charge in [-0.2, -0.15) is 8.42 Å². The minimum atomic E-state index is -4.08. The van der Waals surface area contributed by atoms with Gasteiger partial charge in [0.2, 0.25) is 0 Å². The summed E-state index contributed by atoms with van der Waals surface area (Å²) >= 11 is 0. The van der Waals surface area contributed by atoms with E-state index in [2.05, 4.69) is 0 Å². The molecule has 0 fully saturated rings. The van der Waals surface area contributed by atoms with Crippen LogP contribution < -0.4 is 35.3 Å². The Morgan fingerprint density at radius 3 is 1.92 bits per heavy atom. The Hall–Kier alpha value is -0.110. The van der Waals surface area contributed by atoms with Crippen LogP contribution in [0, 0.1) is 0 Å². The molecule has 0 saturated heterocycles. The van der Waals surface area contributed by atoms with Crippen LogP contribution in [0.2, 0.25) is 0 Å². The zero-order valence-corrected chi connectivity index (χ0v) is 9.88. The van der Waals surface area contributed by atoms with Crippen LogP contribution in [0.1, 0.15) is 1.43 Å². The molecule has 0 aliphatic carbocycles. The van der Waals surface area contributed by atoms with E-state index in [1.165, 1.54) is 24.3 Å². The minimum absolute atomic E-state index is 0. The number of anilines is 1. The number of nitrogens with two attached hydrogens (primary N) is 1. The van der Waals surface area contributed by atoms with E-state index in [0.717, 1.165) is 0 Å². The smallest absolute Gasteiger partial charge is 1.00 e. The number of rotatable bonds is 1. The quantitative estimate of drug-likeness (QED) is 0.292. The van der Waals surface area contributed by atoms with Gasteiger partial charge < -0.3 is 12.6 Å². The summed E-state index contributed by atoms with van der Waals surface area (Å²) < 4.78 is 29.4. The maximum atomic E-state index is 10.5. The monoisotopic (exact) mass is 215 g/mol. The van der Waals surface area contributed by atoms with Crippen molar-refractivity contribution in [3.8, 4) is 0 Å². The Morgan fingerprint density at radius 2 is 1.62 bits per heavy atom. The first-order valence-electron chi connectivity index (χ1n) is 2.83. The van der Waals surface area contributed by atoms with Gasteiger partial charge in [-0.25, -0.2) is 0 Å². The summed E-state index contributed by atoms with van der Waals surface area (Å²) in [6.45, 7) is 0. The fraction of sp³-hybridized carbons (Fsp3) is 0. The van der Waals surface area contributed by atoms with Crippen molar-refractivity contribution in [1.29, 1.82) is 0 Å². The van der Waals surface area contributed by atoms with Gasteiger partial charge in [0.05, 0.1) is 4.90 Å². The summed E-state index contributed by atoms with van der Waals surface area (Å²) in [5, 5.41) is 0. The minimum Gasteiger partial charge on any atom is -1.00 e. The maximum absolute atomic E-state index is 10.5. The molecule has 0 saturated carbocycles. The van der Waals surface area contributed by atoms with Crippen molar-refractivity contribution in [2.75, 3.05) is 5.73 Å². The first kappa shape index (κ1) is 15.4. The largest absolute Gasteiger partial charge is 1.00 e. The molecular formula is C6H10NNaO4S. The van der Waals surface area contributed by atoms with Crippen molar-refractivity contribution in [2.45, 2.75) is 4.90 Å². The molecule has 5 nitrogen and oxygen atoms in total. The third-order valence-electron chi connectivity index (χ3n) is 1.18. The fourth-order valence-electron chi connectivity index (χ4n) is 0.640. The molecule has 0 amide bonds. The van der Waals surface area contributed by atoms with Crippen LogP contribution in [0.25, 0.3) is 0 Å². The van der Waals surface area contributed by atoms with Crippen molar-refractivity contribution in [1.82, 2.24) is 0 Å². The standard InChI is InChI=1S/C6H7NO3S.Na.H2O.H/c7-5-1-3-6(4-2-5)11(8,9)10;;;/h1-4H,7H2,(H,8,9,10);;1H2;/q;+1;;-1. The van der Waals surface area contributed by atoms with E-state index in [-0.39, 0.29) is 41.4 Å². The van der Waals surface area contributed by atoms with E-state index in [0.29, 0.717) is 5.69 Å². The molecule has 1 aromatic carbocycles. The predicted molar refractivity (Wildman–Crippen MR) is 45.4 cm³/mol.